The van der Waals surface area contributed by atoms with Gasteiger partial charge in [0.25, 0.3) is 0 Å². The second-order valence-electron chi connectivity index (χ2n) is 11.3. The molecule has 3 saturated carbocycles. The lowest BCUT2D eigenvalue weighted by molar-refractivity contribution is -0.213. The summed E-state index contributed by atoms with van der Waals surface area (Å²) >= 11 is 0. The van der Waals surface area contributed by atoms with Gasteiger partial charge >= 0.3 is 0 Å². The van der Waals surface area contributed by atoms with Gasteiger partial charge in [0.2, 0.25) is 0 Å². The molecule has 6 heteroatoms. The molecule has 0 aliphatic heterocycles. The SMILES string of the molecule is CCCCO[C@]1(C(=O)CO)[C@H](OCCC)CC2[C@@H]3CCC4=CC(=O)C=C[C@]4(C)C3[C@@H](O)C[C@@]21C. The van der Waals surface area contributed by atoms with E-state index in [9.17, 15) is 19.8 Å². The Morgan fingerprint density at radius 3 is 2.65 bits per heavy atom. The molecule has 6 nitrogen and oxygen atoms in total. The van der Waals surface area contributed by atoms with Gasteiger partial charge in [-0.2, -0.15) is 0 Å². The molecule has 3 fully saturated rings. The molecule has 0 spiro atoms. The number of unbranched alkanes of at least 4 members (excludes halogenated alkanes) is 1. The van der Waals surface area contributed by atoms with Gasteiger partial charge in [-0.15, -0.1) is 0 Å². The zero-order valence-corrected chi connectivity index (χ0v) is 21.2. The zero-order chi connectivity index (χ0) is 24.7. The van der Waals surface area contributed by atoms with Crippen LogP contribution in [0, 0.1) is 28.6 Å². The number of carbonyl (C=O) groups excluding carboxylic acids is 2. The zero-order valence-electron chi connectivity index (χ0n) is 21.2. The molecule has 0 amide bonds. The van der Waals surface area contributed by atoms with Crippen LogP contribution >= 0.6 is 0 Å². The number of Topliss-reactive ketones (excluding diaryl/α,β-unsaturated/α-hetero) is 1. The number of hydrogen-bond acceptors (Lipinski definition) is 6. The number of carbonyl (C=O) groups is 2. The van der Waals surface area contributed by atoms with E-state index in [1.54, 1.807) is 12.2 Å². The summed E-state index contributed by atoms with van der Waals surface area (Å²) in [5, 5.41) is 21.8. The van der Waals surface area contributed by atoms with Crippen LogP contribution in [0.2, 0.25) is 0 Å². The third kappa shape index (κ3) is 3.68. The first-order valence-electron chi connectivity index (χ1n) is 13.2. The quantitative estimate of drug-likeness (QED) is 0.494. The van der Waals surface area contributed by atoms with Gasteiger partial charge in [0, 0.05) is 30.0 Å². The second-order valence-corrected chi connectivity index (χ2v) is 11.3. The van der Waals surface area contributed by atoms with E-state index in [-0.39, 0.29) is 34.7 Å². The standard InChI is InChI=1S/C28H42O6/c1-5-7-13-34-28(23(32)17-29)24(33-12-6-2)15-21-20-9-8-18-14-19(30)10-11-26(18,3)25(20)22(31)16-27(21,28)4/h10-11,14,20-22,24-25,29,31H,5-9,12-13,15-17H2,1-4H3/t20-,21?,22-,24+,25?,26-,27-,28+/m0/s1. The van der Waals surface area contributed by atoms with Crippen molar-refractivity contribution in [1.82, 2.24) is 0 Å². The van der Waals surface area contributed by atoms with Crippen molar-refractivity contribution >= 4 is 11.6 Å². The van der Waals surface area contributed by atoms with Gasteiger partial charge in [-0.05, 0) is 62.5 Å². The van der Waals surface area contributed by atoms with Crippen LogP contribution in [0.4, 0.5) is 0 Å². The van der Waals surface area contributed by atoms with Crippen LogP contribution in [-0.4, -0.2) is 59.4 Å². The van der Waals surface area contributed by atoms with E-state index in [4.69, 9.17) is 9.47 Å². The molecule has 190 valence electrons. The van der Waals surface area contributed by atoms with Crippen LogP contribution in [0.1, 0.15) is 72.6 Å². The normalized spacial score (nSPS) is 43.2. The molecule has 2 unspecified atom stereocenters. The van der Waals surface area contributed by atoms with E-state index in [0.717, 1.165) is 37.7 Å². The van der Waals surface area contributed by atoms with E-state index in [1.807, 2.05) is 13.0 Å². The molecule has 34 heavy (non-hydrogen) atoms. The summed E-state index contributed by atoms with van der Waals surface area (Å²) in [6.45, 7) is 8.71. The molecule has 0 radical (unpaired) electrons. The summed E-state index contributed by atoms with van der Waals surface area (Å²) in [5.74, 6) is -0.0516. The summed E-state index contributed by atoms with van der Waals surface area (Å²) in [4.78, 5) is 25.6. The minimum absolute atomic E-state index is 0.0202. The number of fused-ring (bicyclic) bond motifs is 5. The van der Waals surface area contributed by atoms with E-state index in [2.05, 4.69) is 20.8 Å². The van der Waals surface area contributed by atoms with Crippen molar-refractivity contribution in [1.29, 1.82) is 0 Å². The Morgan fingerprint density at radius 2 is 1.97 bits per heavy atom. The maximum absolute atomic E-state index is 13.6. The number of rotatable bonds is 9. The van der Waals surface area contributed by atoms with Crippen molar-refractivity contribution in [2.45, 2.75) is 90.4 Å². The lowest BCUT2D eigenvalue weighted by Crippen LogP contribution is -2.65. The highest BCUT2D eigenvalue weighted by molar-refractivity contribution is 6.01. The van der Waals surface area contributed by atoms with Crippen LogP contribution < -0.4 is 0 Å². The van der Waals surface area contributed by atoms with Gasteiger partial charge in [-0.3, -0.25) is 9.59 Å². The monoisotopic (exact) mass is 474 g/mol. The molecule has 0 heterocycles. The van der Waals surface area contributed by atoms with E-state index in [1.165, 1.54) is 0 Å². The van der Waals surface area contributed by atoms with E-state index >= 15 is 0 Å². The fraction of sp³-hybridized carbons (Fsp3) is 0.786. The van der Waals surface area contributed by atoms with Crippen LogP contribution in [0.15, 0.2) is 23.8 Å². The van der Waals surface area contributed by atoms with Gasteiger partial charge in [0.05, 0.1) is 12.2 Å². The van der Waals surface area contributed by atoms with Crippen molar-refractivity contribution in [2.75, 3.05) is 19.8 Å². The molecule has 2 N–H and O–H groups in total. The van der Waals surface area contributed by atoms with Gasteiger partial charge in [-0.25, -0.2) is 0 Å². The average Bonchev–Trinajstić information content (AvgIpc) is 3.05. The topological polar surface area (TPSA) is 93.1 Å². The molecule has 0 aromatic rings. The molecule has 4 rings (SSSR count). The largest absolute Gasteiger partial charge is 0.393 e. The minimum Gasteiger partial charge on any atom is -0.393 e. The molecule has 0 aromatic heterocycles. The number of allylic oxidation sites excluding steroid dienone is 4. The summed E-state index contributed by atoms with van der Waals surface area (Å²) in [6, 6.07) is 0. The van der Waals surface area contributed by atoms with E-state index < -0.39 is 29.8 Å². The van der Waals surface area contributed by atoms with Gasteiger partial charge in [0.1, 0.15) is 6.61 Å². The van der Waals surface area contributed by atoms with Crippen LogP contribution in [0.25, 0.3) is 0 Å². The Morgan fingerprint density at radius 1 is 1.21 bits per heavy atom. The third-order valence-corrected chi connectivity index (χ3v) is 9.56. The fourth-order valence-electron chi connectivity index (χ4n) is 8.08. The molecule has 0 saturated heterocycles. The third-order valence-electron chi connectivity index (χ3n) is 9.56. The minimum atomic E-state index is -1.27. The first-order valence-corrected chi connectivity index (χ1v) is 13.2. The number of ketones is 2. The van der Waals surface area contributed by atoms with Crippen molar-refractivity contribution in [3.05, 3.63) is 23.8 Å². The predicted octanol–water partition coefficient (Wildman–Crippen LogP) is 3.79. The Labute approximate surface area is 203 Å². The molecule has 0 bridgehead atoms. The Kier molecular flexibility index (Phi) is 7.27. The predicted molar refractivity (Wildman–Crippen MR) is 129 cm³/mol. The number of ether oxygens (including phenoxy) is 2. The lowest BCUT2D eigenvalue weighted by atomic mass is 9.46. The smallest absolute Gasteiger partial charge is 0.193 e. The molecule has 4 aliphatic rings. The fourth-order valence-corrected chi connectivity index (χ4v) is 8.08. The lowest BCUT2D eigenvalue weighted by Gasteiger charge is -2.60. The Balaban J connectivity index is 1.78. The van der Waals surface area contributed by atoms with Gasteiger partial charge in [0.15, 0.2) is 17.2 Å². The molecular formula is C28H42O6. The van der Waals surface area contributed by atoms with Crippen molar-refractivity contribution < 1.29 is 29.3 Å². The van der Waals surface area contributed by atoms with Gasteiger partial charge < -0.3 is 19.7 Å². The number of hydrogen-bond donors (Lipinski definition) is 2. The Bertz CT molecular complexity index is 863. The summed E-state index contributed by atoms with van der Waals surface area (Å²) in [7, 11) is 0. The summed E-state index contributed by atoms with van der Waals surface area (Å²) in [6.07, 6.45) is 9.65. The highest BCUT2D eigenvalue weighted by Gasteiger charge is 2.73. The van der Waals surface area contributed by atoms with Crippen LogP contribution in [0.3, 0.4) is 0 Å². The number of aliphatic hydroxyl groups excluding tert-OH is 2. The molecule has 4 aliphatic carbocycles. The van der Waals surface area contributed by atoms with Crippen molar-refractivity contribution in [3.8, 4) is 0 Å². The highest BCUT2D eigenvalue weighted by Crippen LogP contribution is 2.68. The second kappa shape index (κ2) is 9.61. The maximum atomic E-state index is 13.6. The summed E-state index contributed by atoms with van der Waals surface area (Å²) < 4.78 is 12.9. The molecule has 0 aromatic carbocycles. The highest BCUT2D eigenvalue weighted by atomic mass is 16.6. The van der Waals surface area contributed by atoms with Crippen molar-refractivity contribution in [3.63, 3.8) is 0 Å². The summed E-state index contributed by atoms with van der Waals surface area (Å²) in [5.41, 5.74) is -1.17. The van der Waals surface area contributed by atoms with E-state index in [0.29, 0.717) is 26.1 Å². The van der Waals surface area contributed by atoms with Crippen LogP contribution in [-0.2, 0) is 19.1 Å². The van der Waals surface area contributed by atoms with Crippen molar-refractivity contribution in [2.24, 2.45) is 28.6 Å². The Hall–Kier alpha value is -1.34. The molecule has 8 atom stereocenters. The first-order chi connectivity index (χ1) is 16.2. The van der Waals surface area contributed by atoms with Crippen LogP contribution in [0.5, 0.6) is 0 Å². The first kappa shape index (κ1) is 25.7. The van der Waals surface area contributed by atoms with Gasteiger partial charge in [-0.1, -0.05) is 45.8 Å². The molecular weight excluding hydrogens is 432 g/mol. The maximum Gasteiger partial charge on any atom is 0.193 e. The average molecular weight is 475 g/mol. The number of aliphatic hydroxyl groups is 2.